The Bertz CT molecular complexity index is 238. The van der Waals surface area contributed by atoms with Crippen LogP contribution < -0.4 is 10.6 Å². The molecule has 0 unspecified atom stereocenters. The Kier molecular flexibility index (Phi) is 5.18. The molecule has 2 N–H and O–H groups in total. The Morgan fingerprint density at radius 1 is 1.25 bits per heavy atom. The summed E-state index contributed by atoms with van der Waals surface area (Å²) in [5.41, 5.74) is -0.345. The van der Waals surface area contributed by atoms with E-state index in [1.54, 1.807) is 26.1 Å². The highest BCUT2D eigenvalue weighted by Crippen LogP contribution is 2.21. The number of carbonyl (C=O) groups excluding carboxylic acids is 1. The molecule has 0 aliphatic carbocycles. The molecule has 0 heterocycles. The summed E-state index contributed by atoms with van der Waals surface area (Å²) in [5, 5.41) is 4.49. The third-order valence-corrected chi connectivity index (χ3v) is 1.62. The maximum absolute atomic E-state index is 12.4. The Morgan fingerprint density at radius 3 is 2.12 bits per heavy atom. The van der Waals surface area contributed by atoms with Gasteiger partial charge < -0.3 is 10.6 Å². The minimum Gasteiger partial charge on any atom is -0.349 e. The number of nitrogens with one attached hydrogen (secondary N) is 2. The molecule has 7 heteroatoms. The number of alkyl halides is 4. The van der Waals surface area contributed by atoms with Gasteiger partial charge in [0.15, 0.2) is 0 Å². The largest absolute Gasteiger partial charge is 0.349 e. The van der Waals surface area contributed by atoms with Crippen molar-refractivity contribution in [3.63, 3.8) is 0 Å². The van der Waals surface area contributed by atoms with Crippen molar-refractivity contribution in [3.8, 4) is 0 Å². The number of amides is 1. The van der Waals surface area contributed by atoms with Crippen molar-refractivity contribution in [2.75, 3.05) is 13.1 Å². The molecule has 0 aromatic rings. The summed E-state index contributed by atoms with van der Waals surface area (Å²) < 4.78 is 48.2. The standard InChI is InChI=1S/C9H16F4N2O/c1-8(2,3)15-4-6(16)14-5-9(12,13)7(10)11/h7,15H,4-5H2,1-3H3,(H,14,16). The van der Waals surface area contributed by atoms with Crippen LogP contribution in [0, 0.1) is 0 Å². The molecule has 0 bridgehead atoms. The van der Waals surface area contributed by atoms with Crippen LogP contribution in [-0.4, -0.2) is 36.9 Å². The summed E-state index contributed by atoms with van der Waals surface area (Å²) in [5.74, 6) is -4.92. The first-order chi connectivity index (χ1) is 7.04. The lowest BCUT2D eigenvalue weighted by molar-refractivity contribution is -0.136. The maximum Gasteiger partial charge on any atom is 0.324 e. The molecule has 0 saturated heterocycles. The molecule has 3 nitrogen and oxygen atoms in total. The predicted molar refractivity (Wildman–Crippen MR) is 51.7 cm³/mol. The van der Waals surface area contributed by atoms with E-state index in [9.17, 15) is 22.4 Å². The van der Waals surface area contributed by atoms with Gasteiger partial charge in [-0.25, -0.2) is 8.78 Å². The van der Waals surface area contributed by atoms with Gasteiger partial charge in [0.2, 0.25) is 5.91 Å². The quantitative estimate of drug-likeness (QED) is 0.717. The van der Waals surface area contributed by atoms with E-state index >= 15 is 0 Å². The summed E-state index contributed by atoms with van der Waals surface area (Å²) in [7, 11) is 0. The third-order valence-electron chi connectivity index (χ3n) is 1.62. The second-order valence-corrected chi connectivity index (χ2v) is 4.44. The lowest BCUT2D eigenvalue weighted by atomic mass is 10.1. The SMILES string of the molecule is CC(C)(C)NCC(=O)NCC(F)(F)C(F)F. The Labute approximate surface area is 91.6 Å². The summed E-state index contributed by atoms with van der Waals surface area (Å²) >= 11 is 0. The lowest BCUT2D eigenvalue weighted by Gasteiger charge is -2.21. The van der Waals surface area contributed by atoms with Gasteiger partial charge >= 0.3 is 12.3 Å². The Balaban J connectivity index is 3.91. The van der Waals surface area contributed by atoms with Gasteiger partial charge in [0.25, 0.3) is 0 Å². The number of rotatable bonds is 5. The second kappa shape index (κ2) is 5.47. The smallest absolute Gasteiger partial charge is 0.324 e. The number of halogens is 4. The zero-order valence-electron chi connectivity index (χ0n) is 9.41. The van der Waals surface area contributed by atoms with Crippen LogP contribution in [0.15, 0.2) is 0 Å². The van der Waals surface area contributed by atoms with E-state index in [1.165, 1.54) is 0 Å². The van der Waals surface area contributed by atoms with E-state index in [-0.39, 0.29) is 12.1 Å². The topological polar surface area (TPSA) is 41.1 Å². The van der Waals surface area contributed by atoms with Crippen LogP contribution in [0.5, 0.6) is 0 Å². The van der Waals surface area contributed by atoms with Crippen molar-refractivity contribution >= 4 is 5.91 Å². The van der Waals surface area contributed by atoms with Crippen LogP contribution in [-0.2, 0) is 4.79 Å². The molecule has 1 amide bonds. The molecule has 0 radical (unpaired) electrons. The highest BCUT2D eigenvalue weighted by atomic mass is 19.3. The number of hydrogen-bond acceptors (Lipinski definition) is 2. The molecule has 96 valence electrons. The normalized spacial score (nSPS) is 13.0. The molecule has 0 spiro atoms. The Hall–Kier alpha value is -0.850. The molecule has 0 atom stereocenters. The van der Waals surface area contributed by atoms with Gasteiger partial charge in [-0.3, -0.25) is 4.79 Å². The van der Waals surface area contributed by atoms with Crippen molar-refractivity contribution in [3.05, 3.63) is 0 Å². The van der Waals surface area contributed by atoms with Gasteiger partial charge in [-0.15, -0.1) is 0 Å². The van der Waals surface area contributed by atoms with E-state index in [2.05, 4.69) is 5.32 Å². The first kappa shape index (κ1) is 15.2. The van der Waals surface area contributed by atoms with Gasteiger partial charge in [0.05, 0.1) is 13.1 Å². The fourth-order valence-electron chi connectivity index (χ4n) is 0.702. The predicted octanol–water partition coefficient (Wildman–Crippen LogP) is 1.39. The highest BCUT2D eigenvalue weighted by Gasteiger charge is 2.40. The molecule has 0 aromatic heterocycles. The molecule has 0 aliphatic heterocycles. The fourth-order valence-corrected chi connectivity index (χ4v) is 0.702. The lowest BCUT2D eigenvalue weighted by Crippen LogP contribution is -2.47. The number of hydrogen-bond donors (Lipinski definition) is 2. The van der Waals surface area contributed by atoms with Crippen LogP contribution in [0.2, 0.25) is 0 Å². The second-order valence-electron chi connectivity index (χ2n) is 4.44. The van der Waals surface area contributed by atoms with Gasteiger partial charge in [0, 0.05) is 5.54 Å². The summed E-state index contributed by atoms with van der Waals surface area (Å²) in [6.45, 7) is 3.81. The van der Waals surface area contributed by atoms with Gasteiger partial charge in [0.1, 0.15) is 0 Å². The summed E-state index contributed by atoms with van der Waals surface area (Å²) in [6.07, 6.45) is -3.77. The minimum atomic E-state index is -4.18. The van der Waals surface area contributed by atoms with Crippen LogP contribution in [0.25, 0.3) is 0 Å². The van der Waals surface area contributed by atoms with Gasteiger partial charge in [-0.2, -0.15) is 8.78 Å². The van der Waals surface area contributed by atoms with Crippen molar-refractivity contribution in [2.24, 2.45) is 0 Å². The summed E-state index contributed by atoms with van der Waals surface area (Å²) in [4.78, 5) is 11.0. The van der Waals surface area contributed by atoms with Crippen LogP contribution in [0.1, 0.15) is 20.8 Å². The fraction of sp³-hybridized carbons (Fsp3) is 0.889. The molecule has 0 saturated carbocycles. The average Bonchev–Trinajstić information content (AvgIpc) is 2.10. The van der Waals surface area contributed by atoms with Crippen molar-refractivity contribution in [1.82, 2.24) is 10.6 Å². The average molecular weight is 244 g/mol. The molecular formula is C9H16F4N2O. The van der Waals surface area contributed by atoms with E-state index < -0.39 is 24.8 Å². The summed E-state index contributed by atoms with van der Waals surface area (Å²) in [6, 6.07) is 0. The number of carbonyl (C=O) groups is 1. The zero-order valence-corrected chi connectivity index (χ0v) is 9.41. The van der Waals surface area contributed by atoms with E-state index in [0.717, 1.165) is 0 Å². The Morgan fingerprint density at radius 2 is 1.75 bits per heavy atom. The molecular weight excluding hydrogens is 228 g/mol. The molecule has 0 rings (SSSR count). The van der Waals surface area contributed by atoms with E-state index in [1.807, 2.05) is 0 Å². The highest BCUT2D eigenvalue weighted by molar-refractivity contribution is 5.78. The monoisotopic (exact) mass is 244 g/mol. The first-order valence-corrected chi connectivity index (χ1v) is 4.72. The molecule has 0 fully saturated rings. The van der Waals surface area contributed by atoms with Crippen molar-refractivity contribution in [1.29, 1.82) is 0 Å². The van der Waals surface area contributed by atoms with Crippen molar-refractivity contribution < 1.29 is 22.4 Å². The van der Waals surface area contributed by atoms with Crippen LogP contribution in [0.4, 0.5) is 17.6 Å². The minimum absolute atomic E-state index is 0.192. The van der Waals surface area contributed by atoms with Crippen LogP contribution >= 0.6 is 0 Å². The van der Waals surface area contributed by atoms with Gasteiger partial charge in [-0.05, 0) is 20.8 Å². The van der Waals surface area contributed by atoms with Gasteiger partial charge in [-0.1, -0.05) is 0 Å². The van der Waals surface area contributed by atoms with Crippen molar-refractivity contribution in [2.45, 2.75) is 38.7 Å². The van der Waals surface area contributed by atoms with Crippen LogP contribution in [0.3, 0.4) is 0 Å². The first-order valence-electron chi connectivity index (χ1n) is 4.72. The maximum atomic E-state index is 12.4. The van der Waals surface area contributed by atoms with E-state index in [4.69, 9.17) is 0 Å². The molecule has 0 aromatic carbocycles. The molecule has 0 aliphatic rings. The molecule has 16 heavy (non-hydrogen) atoms. The zero-order chi connectivity index (χ0) is 13.0. The third kappa shape index (κ3) is 6.60. The van der Waals surface area contributed by atoms with E-state index in [0.29, 0.717) is 0 Å².